The summed E-state index contributed by atoms with van der Waals surface area (Å²) in [5, 5.41) is 0. The highest BCUT2D eigenvalue weighted by molar-refractivity contribution is 5.71. The summed E-state index contributed by atoms with van der Waals surface area (Å²) in [7, 11) is 0. The average Bonchev–Trinajstić information content (AvgIpc) is 3.15. The molecule has 0 aromatic heterocycles. The molecule has 0 saturated heterocycles. The fourth-order valence-corrected chi connectivity index (χ4v) is 6.74. The van der Waals surface area contributed by atoms with Crippen LogP contribution in [0.15, 0.2) is 12.2 Å². The highest BCUT2D eigenvalue weighted by atomic mass is 16.6. The van der Waals surface area contributed by atoms with Crippen molar-refractivity contribution in [2.24, 2.45) is 0 Å². The number of carbonyl (C=O) groups is 3. The predicted octanol–water partition coefficient (Wildman–Crippen LogP) is 14.6. The lowest BCUT2D eigenvalue weighted by atomic mass is 10.0. The molecule has 0 fully saturated rings. The molecule has 0 amide bonds. The summed E-state index contributed by atoms with van der Waals surface area (Å²) < 4.78 is 16.6. The lowest BCUT2D eigenvalue weighted by Crippen LogP contribution is -2.30. The number of hydrogen-bond donors (Lipinski definition) is 0. The van der Waals surface area contributed by atoms with Gasteiger partial charge in [-0.05, 0) is 38.5 Å². The monoisotopic (exact) mass is 749 g/mol. The van der Waals surface area contributed by atoms with E-state index < -0.39 is 6.10 Å². The summed E-state index contributed by atoms with van der Waals surface area (Å²) in [5.41, 5.74) is 0. The predicted molar refractivity (Wildman–Crippen MR) is 224 cm³/mol. The van der Waals surface area contributed by atoms with Crippen LogP contribution in [-0.2, 0) is 28.6 Å². The maximum atomic E-state index is 12.6. The van der Waals surface area contributed by atoms with Crippen LogP contribution in [0.5, 0.6) is 0 Å². The van der Waals surface area contributed by atoms with Crippen LogP contribution >= 0.6 is 0 Å². The van der Waals surface area contributed by atoms with Crippen LogP contribution in [-0.4, -0.2) is 37.2 Å². The van der Waals surface area contributed by atoms with Gasteiger partial charge in [0, 0.05) is 19.3 Å². The molecule has 0 aliphatic carbocycles. The van der Waals surface area contributed by atoms with E-state index in [1.54, 1.807) is 0 Å². The van der Waals surface area contributed by atoms with Gasteiger partial charge < -0.3 is 14.2 Å². The molecule has 1 atom stereocenters. The number of allylic oxidation sites excluding steroid dienone is 2. The third-order valence-electron chi connectivity index (χ3n) is 10.3. The van der Waals surface area contributed by atoms with Crippen LogP contribution in [0.25, 0.3) is 0 Å². The van der Waals surface area contributed by atoms with Crippen molar-refractivity contribution < 1.29 is 28.6 Å². The SMILES string of the molecule is CCC/C=C\CCCCCCCC(=O)OC(COC(=O)CCCCCCCCC)COC(=O)CCCCCCCCCCCCCCCCCCCC. The molecule has 312 valence electrons. The first-order valence-electron chi connectivity index (χ1n) is 23.2. The summed E-state index contributed by atoms with van der Waals surface area (Å²) in [6, 6.07) is 0. The minimum Gasteiger partial charge on any atom is -0.462 e. The van der Waals surface area contributed by atoms with Gasteiger partial charge in [0.2, 0.25) is 0 Å². The van der Waals surface area contributed by atoms with Gasteiger partial charge in [0.1, 0.15) is 13.2 Å². The molecule has 6 nitrogen and oxygen atoms in total. The summed E-state index contributed by atoms with van der Waals surface area (Å²) in [6.45, 7) is 6.54. The van der Waals surface area contributed by atoms with Gasteiger partial charge in [0.25, 0.3) is 0 Å². The van der Waals surface area contributed by atoms with Crippen LogP contribution in [0, 0.1) is 0 Å². The summed E-state index contributed by atoms with van der Waals surface area (Å²) in [4.78, 5) is 37.5. The second-order valence-electron chi connectivity index (χ2n) is 15.7. The molecule has 0 aliphatic rings. The van der Waals surface area contributed by atoms with Gasteiger partial charge in [0.05, 0.1) is 0 Å². The zero-order chi connectivity index (χ0) is 38.7. The van der Waals surface area contributed by atoms with Crippen LogP contribution in [0.3, 0.4) is 0 Å². The second-order valence-corrected chi connectivity index (χ2v) is 15.7. The lowest BCUT2D eigenvalue weighted by molar-refractivity contribution is -0.167. The van der Waals surface area contributed by atoms with E-state index in [1.165, 1.54) is 135 Å². The standard InChI is InChI=1S/C47H88O6/c1-4-7-10-13-16-18-20-21-22-23-24-25-26-27-29-31-34-37-40-46(49)52-43-44(42-51-45(48)39-36-33-30-15-12-9-6-3)53-47(50)41-38-35-32-28-19-17-14-11-8-5-2/h11,14,44H,4-10,12-13,15-43H2,1-3H3/b14-11-. The molecular formula is C47H88O6. The summed E-state index contributed by atoms with van der Waals surface area (Å²) in [6.07, 6.45) is 45.0. The molecule has 0 spiro atoms. The van der Waals surface area contributed by atoms with Crippen LogP contribution in [0.2, 0.25) is 0 Å². The Morgan fingerprint density at radius 3 is 1.02 bits per heavy atom. The van der Waals surface area contributed by atoms with Gasteiger partial charge in [-0.3, -0.25) is 14.4 Å². The Morgan fingerprint density at radius 1 is 0.358 bits per heavy atom. The number of ether oxygens (including phenoxy) is 3. The minimum absolute atomic E-state index is 0.0696. The largest absolute Gasteiger partial charge is 0.462 e. The van der Waals surface area contributed by atoms with Crippen molar-refractivity contribution >= 4 is 17.9 Å². The average molecular weight is 749 g/mol. The van der Waals surface area contributed by atoms with Crippen molar-refractivity contribution in [2.45, 2.75) is 258 Å². The normalized spacial score (nSPS) is 12.0. The van der Waals surface area contributed by atoms with Crippen molar-refractivity contribution in [2.75, 3.05) is 13.2 Å². The molecule has 1 unspecified atom stereocenters. The van der Waals surface area contributed by atoms with E-state index in [4.69, 9.17) is 14.2 Å². The number of hydrogen-bond acceptors (Lipinski definition) is 6. The van der Waals surface area contributed by atoms with Crippen LogP contribution in [0.4, 0.5) is 0 Å². The van der Waals surface area contributed by atoms with Crippen molar-refractivity contribution in [3.63, 3.8) is 0 Å². The van der Waals surface area contributed by atoms with Crippen LogP contribution < -0.4 is 0 Å². The third kappa shape index (κ3) is 41.2. The van der Waals surface area contributed by atoms with Crippen molar-refractivity contribution in [3.05, 3.63) is 12.2 Å². The minimum atomic E-state index is -0.764. The molecule has 0 rings (SSSR count). The van der Waals surface area contributed by atoms with E-state index >= 15 is 0 Å². The Balaban J connectivity index is 4.18. The molecule has 0 aromatic rings. The van der Waals surface area contributed by atoms with Gasteiger partial charge in [-0.15, -0.1) is 0 Å². The molecule has 53 heavy (non-hydrogen) atoms. The van der Waals surface area contributed by atoms with E-state index in [-0.39, 0.29) is 31.1 Å². The van der Waals surface area contributed by atoms with Crippen LogP contribution in [0.1, 0.15) is 252 Å². The maximum Gasteiger partial charge on any atom is 0.306 e. The smallest absolute Gasteiger partial charge is 0.306 e. The zero-order valence-corrected chi connectivity index (χ0v) is 35.6. The molecule has 0 saturated carbocycles. The molecule has 0 aliphatic heterocycles. The molecule has 6 heteroatoms. The van der Waals surface area contributed by atoms with Crippen molar-refractivity contribution in [1.29, 1.82) is 0 Å². The Kier molecular flexibility index (Phi) is 41.4. The van der Waals surface area contributed by atoms with E-state index in [9.17, 15) is 14.4 Å². The first-order valence-corrected chi connectivity index (χ1v) is 23.2. The van der Waals surface area contributed by atoms with Crippen molar-refractivity contribution in [1.82, 2.24) is 0 Å². The Morgan fingerprint density at radius 2 is 0.660 bits per heavy atom. The molecule has 0 radical (unpaired) electrons. The highest BCUT2D eigenvalue weighted by Crippen LogP contribution is 2.16. The first kappa shape index (κ1) is 51.1. The fraction of sp³-hybridized carbons (Fsp3) is 0.894. The Hall–Kier alpha value is -1.85. The topological polar surface area (TPSA) is 78.9 Å². The van der Waals surface area contributed by atoms with Gasteiger partial charge in [-0.1, -0.05) is 206 Å². The van der Waals surface area contributed by atoms with Crippen molar-refractivity contribution in [3.8, 4) is 0 Å². The molecular weight excluding hydrogens is 661 g/mol. The van der Waals surface area contributed by atoms with E-state index in [0.29, 0.717) is 19.3 Å². The van der Waals surface area contributed by atoms with Gasteiger partial charge in [-0.2, -0.15) is 0 Å². The summed E-state index contributed by atoms with van der Waals surface area (Å²) >= 11 is 0. The zero-order valence-electron chi connectivity index (χ0n) is 35.6. The molecule has 0 N–H and O–H groups in total. The quantitative estimate of drug-likeness (QED) is 0.0268. The highest BCUT2D eigenvalue weighted by Gasteiger charge is 2.19. The van der Waals surface area contributed by atoms with Gasteiger partial charge >= 0.3 is 17.9 Å². The van der Waals surface area contributed by atoms with E-state index in [2.05, 4.69) is 32.9 Å². The number of carbonyl (C=O) groups excluding carboxylic acids is 3. The third-order valence-corrected chi connectivity index (χ3v) is 10.3. The Bertz CT molecular complexity index is 824. The number of esters is 3. The lowest BCUT2D eigenvalue weighted by Gasteiger charge is -2.18. The maximum absolute atomic E-state index is 12.6. The molecule has 0 bridgehead atoms. The molecule has 0 aromatic carbocycles. The number of unbranched alkanes of at least 4 members (excludes halogenated alkanes) is 29. The first-order chi connectivity index (χ1) is 26.0. The fourth-order valence-electron chi connectivity index (χ4n) is 6.74. The van der Waals surface area contributed by atoms with Gasteiger partial charge in [0.15, 0.2) is 6.10 Å². The van der Waals surface area contributed by atoms with Gasteiger partial charge in [-0.25, -0.2) is 0 Å². The van der Waals surface area contributed by atoms with E-state index in [1.807, 2.05) is 0 Å². The summed E-state index contributed by atoms with van der Waals surface area (Å²) in [5.74, 6) is -0.879. The van der Waals surface area contributed by atoms with E-state index in [0.717, 1.165) is 77.0 Å². The number of rotatable bonds is 42. The molecule has 0 heterocycles. The second kappa shape index (κ2) is 42.9. The Labute approximate surface area is 329 Å².